The second-order valence-corrected chi connectivity index (χ2v) is 5.52. The van der Waals surface area contributed by atoms with E-state index in [0.717, 1.165) is 43.0 Å². The molecule has 23 heavy (non-hydrogen) atoms. The Morgan fingerprint density at radius 2 is 1.87 bits per heavy atom. The number of halogens is 1. The lowest BCUT2D eigenvalue weighted by molar-refractivity contribution is 0.0232. The number of fused-ring (bicyclic) bond motifs is 1. The van der Waals surface area contributed by atoms with E-state index in [1.54, 1.807) is 22.8 Å². The molecule has 0 saturated carbocycles. The molecule has 0 aliphatic carbocycles. The Kier molecular flexibility index (Phi) is 3.67. The molecule has 1 aliphatic heterocycles. The number of hydrogen-bond donors (Lipinski definition) is 0. The fraction of sp³-hybridized carbons (Fsp3) is 0.294. The van der Waals surface area contributed by atoms with E-state index in [1.165, 1.54) is 12.1 Å². The minimum atomic E-state index is -0.265. The van der Waals surface area contributed by atoms with Crippen molar-refractivity contribution in [2.45, 2.75) is 18.9 Å². The first-order valence-corrected chi connectivity index (χ1v) is 7.65. The molecule has 0 N–H and O–H groups in total. The van der Waals surface area contributed by atoms with Crippen LogP contribution in [0.25, 0.3) is 16.9 Å². The molecule has 1 aromatic carbocycles. The van der Waals surface area contributed by atoms with E-state index >= 15 is 0 Å². The third kappa shape index (κ3) is 2.90. The van der Waals surface area contributed by atoms with Crippen LogP contribution in [0, 0.1) is 5.82 Å². The van der Waals surface area contributed by atoms with Crippen LogP contribution in [0.5, 0.6) is 5.88 Å². The van der Waals surface area contributed by atoms with E-state index in [9.17, 15) is 4.39 Å². The van der Waals surface area contributed by atoms with E-state index in [1.807, 2.05) is 12.1 Å². The Morgan fingerprint density at radius 1 is 1.09 bits per heavy atom. The highest BCUT2D eigenvalue weighted by Crippen LogP contribution is 2.22. The number of rotatable bonds is 3. The largest absolute Gasteiger partial charge is 0.473 e. The first-order valence-electron chi connectivity index (χ1n) is 7.65. The first-order chi connectivity index (χ1) is 11.3. The Bertz CT molecular complexity index is 810. The monoisotopic (exact) mass is 313 g/mol. The molecule has 6 heteroatoms. The van der Waals surface area contributed by atoms with Crippen molar-refractivity contribution in [3.05, 3.63) is 48.4 Å². The molecule has 3 heterocycles. The van der Waals surface area contributed by atoms with Gasteiger partial charge in [0.1, 0.15) is 11.9 Å². The zero-order chi connectivity index (χ0) is 15.6. The van der Waals surface area contributed by atoms with Gasteiger partial charge < -0.3 is 9.47 Å². The first kappa shape index (κ1) is 14.1. The van der Waals surface area contributed by atoms with Crippen LogP contribution in [0.2, 0.25) is 0 Å². The maximum Gasteiger partial charge on any atom is 0.232 e. The zero-order valence-electron chi connectivity index (χ0n) is 12.5. The molecule has 118 valence electrons. The van der Waals surface area contributed by atoms with Crippen molar-refractivity contribution in [3.63, 3.8) is 0 Å². The molecule has 0 amide bonds. The number of benzene rings is 1. The quantitative estimate of drug-likeness (QED) is 0.745. The predicted molar refractivity (Wildman–Crippen MR) is 82.9 cm³/mol. The summed E-state index contributed by atoms with van der Waals surface area (Å²) in [6.07, 6.45) is 3.60. The molecule has 0 atom stereocenters. The number of aromatic nitrogens is 3. The molecule has 3 aromatic rings. The second kappa shape index (κ2) is 5.96. The summed E-state index contributed by atoms with van der Waals surface area (Å²) in [4.78, 5) is 4.34. The standard InChI is InChI=1S/C17H16FN3O2/c18-13-3-1-12(2-4-13)15-11-19-16-5-6-17(20-21(15)16)23-14-7-9-22-10-8-14/h1-6,11,14H,7-10H2. The highest BCUT2D eigenvalue weighted by atomic mass is 19.1. The summed E-state index contributed by atoms with van der Waals surface area (Å²) >= 11 is 0. The topological polar surface area (TPSA) is 48.7 Å². The van der Waals surface area contributed by atoms with Crippen molar-refractivity contribution >= 4 is 5.65 Å². The normalized spacial score (nSPS) is 15.9. The molecule has 1 saturated heterocycles. The van der Waals surface area contributed by atoms with E-state index in [4.69, 9.17) is 9.47 Å². The van der Waals surface area contributed by atoms with Crippen molar-refractivity contribution in [2.24, 2.45) is 0 Å². The lowest BCUT2D eigenvalue weighted by atomic mass is 10.1. The fourth-order valence-corrected chi connectivity index (χ4v) is 2.70. The van der Waals surface area contributed by atoms with Crippen molar-refractivity contribution < 1.29 is 13.9 Å². The average molecular weight is 313 g/mol. The van der Waals surface area contributed by atoms with Gasteiger partial charge >= 0.3 is 0 Å². The van der Waals surface area contributed by atoms with Crippen LogP contribution in [-0.2, 0) is 4.74 Å². The number of nitrogens with zero attached hydrogens (tertiary/aromatic N) is 3. The summed E-state index contributed by atoms with van der Waals surface area (Å²) in [5.74, 6) is 0.296. The molecule has 0 radical (unpaired) electrons. The molecule has 0 unspecified atom stereocenters. The summed E-state index contributed by atoms with van der Waals surface area (Å²) in [6, 6.07) is 9.98. The number of imidazole rings is 1. The predicted octanol–water partition coefficient (Wildman–Crippen LogP) is 3.09. The zero-order valence-corrected chi connectivity index (χ0v) is 12.5. The Labute approximate surface area is 132 Å². The maximum absolute atomic E-state index is 13.1. The third-order valence-electron chi connectivity index (χ3n) is 3.93. The third-order valence-corrected chi connectivity index (χ3v) is 3.93. The van der Waals surface area contributed by atoms with Crippen LogP contribution < -0.4 is 4.74 Å². The van der Waals surface area contributed by atoms with Gasteiger partial charge in [0.15, 0.2) is 5.65 Å². The summed E-state index contributed by atoms with van der Waals surface area (Å²) in [6.45, 7) is 1.44. The van der Waals surface area contributed by atoms with Crippen LogP contribution in [0.1, 0.15) is 12.8 Å². The minimum Gasteiger partial charge on any atom is -0.473 e. The lowest BCUT2D eigenvalue weighted by Gasteiger charge is -2.22. The van der Waals surface area contributed by atoms with Gasteiger partial charge in [-0.15, -0.1) is 5.10 Å². The molecular formula is C17H16FN3O2. The van der Waals surface area contributed by atoms with Gasteiger partial charge in [0, 0.05) is 24.5 Å². The minimum absolute atomic E-state index is 0.131. The number of hydrogen-bond acceptors (Lipinski definition) is 4. The van der Waals surface area contributed by atoms with Gasteiger partial charge in [0.25, 0.3) is 0 Å². The molecule has 0 spiro atoms. The molecule has 2 aromatic heterocycles. The van der Waals surface area contributed by atoms with Gasteiger partial charge in [-0.2, -0.15) is 0 Å². The van der Waals surface area contributed by atoms with Crippen molar-refractivity contribution in [2.75, 3.05) is 13.2 Å². The molecule has 0 bridgehead atoms. The summed E-state index contributed by atoms with van der Waals surface area (Å²) in [5.41, 5.74) is 2.38. The van der Waals surface area contributed by atoms with E-state index < -0.39 is 0 Å². The van der Waals surface area contributed by atoms with Crippen LogP contribution in [0.4, 0.5) is 4.39 Å². The SMILES string of the molecule is Fc1ccc(-c2cnc3ccc(OC4CCOCC4)nn23)cc1. The summed E-state index contributed by atoms with van der Waals surface area (Å²) < 4.78 is 26.1. The molecular weight excluding hydrogens is 297 g/mol. The maximum atomic E-state index is 13.1. The Hall–Kier alpha value is -2.47. The van der Waals surface area contributed by atoms with Crippen LogP contribution in [0.15, 0.2) is 42.6 Å². The molecule has 4 rings (SSSR count). The highest BCUT2D eigenvalue weighted by Gasteiger charge is 2.16. The average Bonchev–Trinajstić information content (AvgIpc) is 3.00. The Morgan fingerprint density at radius 3 is 2.65 bits per heavy atom. The second-order valence-electron chi connectivity index (χ2n) is 5.52. The van der Waals surface area contributed by atoms with Crippen LogP contribution in [0.3, 0.4) is 0 Å². The van der Waals surface area contributed by atoms with E-state index in [-0.39, 0.29) is 11.9 Å². The summed E-state index contributed by atoms with van der Waals surface area (Å²) in [5, 5.41) is 4.53. The lowest BCUT2D eigenvalue weighted by Crippen LogP contribution is -2.26. The van der Waals surface area contributed by atoms with E-state index in [0.29, 0.717) is 5.88 Å². The summed E-state index contributed by atoms with van der Waals surface area (Å²) in [7, 11) is 0. The van der Waals surface area contributed by atoms with Gasteiger partial charge in [0.05, 0.1) is 25.1 Å². The molecule has 5 nitrogen and oxygen atoms in total. The molecule has 1 aliphatic rings. The van der Waals surface area contributed by atoms with Gasteiger partial charge in [0.2, 0.25) is 5.88 Å². The fourth-order valence-electron chi connectivity index (χ4n) is 2.70. The van der Waals surface area contributed by atoms with E-state index in [2.05, 4.69) is 10.1 Å². The van der Waals surface area contributed by atoms with Crippen LogP contribution >= 0.6 is 0 Å². The molecule has 1 fully saturated rings. The van der Waals surface area contributed by atoms with Crippen molar-refractivity contribution in [1.82, 2.24) is 14.6 Å². The van der Waals surface area contributed by atoms with Crippen LogP contribution in [-0.4, -0.2) is 33.9 Å². The smallest absolute Gasteiger partial charge is 0.232 e. The van der Waals surface area contributed by atoms with Gasteiger partial charge in [-0.3, -0.25) is 0 Å². The van der Waals surface area contributed by atoms with Crippen molar-refractivity contribution in [1.29, 1.82) is 0 Å². The number of ether oxygens (including phenoxy) is 2. The Balaban J connectivity index is 1.66. The van der Waals surface area contributed by atoms with Crippen molar-refractivity contribution in [3.8, 4) is 17.1 Å². The highest BCUT2D eigenvalue weighted by molar-refractivity contribution is 5.62. The van der Waals surface area contributed by atoms with Gasteiger partial charge in [-0.1, -0.05) is 0 Å². The van der Waals surface area contributed by atoms with Gasteiger partial charge in [-0.05, 0) is 30.3 Å². The van der Waals surface area contributed by atoms with Gasteiger partial charge in [-0.25, -0.2) is 13.9 Å².